The second-order valence-corrected chi connectivity index (χ2v) is 6.39. The van der Waals surface area contributed by atoms with Crippen LogP contribution in [-0.4, -0.2) is 29.2 Å². The van der Waals surface area contributed by atoms with Crippen molar-refractivity contribution >= 4 is 17.6 Å². The molecule has 0 bridgehead atoms. The summed E-state index contributed by atoms with van der Waals surface area (Å²) in [5.74, 6) is -3.10. The minimum atomic E-state index is -5.08. The molecule has 1 aliphatic heterocycles. The van der Waals surface area contributed by atoms with Gasteiger partial charge in [0, 0.05) is 12.2 Å². The van der Waals surface area contributed by atoms with Crippen LogP contribution in [0.15, 0.2) is 42.5 Å². The number of carboxylic acid groups (broad SMARTS) is 1. The van der Waals surface area contributed by atoms with E-state index in [1.54, 1.807) is 6.07 Å². The Morgan fingerprint density at radius 1 is 1.14 bits per heavy atom. The number of carboxylic acids is 1. The minimum absolute atomic E-state index is 0.0841. The summed E-state index contributed by atoms with van der Waals surface area (Å²) >= 11 is 0. The lowest BCUT2D eigenvalue weighted by atomic mass is 9.95. The van der Waals surface area contributed by atoms with E-state index in [9.17, 15) is 22.4 Å². The number of halogens is 4. The number of alkyl halides is 3. The van der Waals surface area contributed by atoms with Crippen molar-refractivity contribution in [2.45, 2.75) is 38.5 Å². The molecule has 2 aromatic rings. The van der Waals surface area contributed by atoms with Crippen molar-refractivity contribution in [2.75, 3.05) is 5.32 Å². The molecule has 156 valence electrons. The third-order valence-corrected chi connectivity index (χ3v) is 4.32. The van der Waals surface area contributed by atoms with Crippen LogP contribution >= 0.6 is 0 Å². The van der Waals surface area contributed by atoms with Crippen LogP contribution in [0.4, 0.5) is 23.2 Å². The summed E-state index contributed by atoms with van der Waals surface area (Å²) in [6, 6.07) is 12.3. The molecule has 1 heterocycles. The van der Waals surface area contributed by atoms with E-state index in [2.05, 4.69) is 17.6 Å². The lowest BCUT2D eigenvalue weighted by Gasteiger charge is -2.25. The van der Waals surface area contributed by atoms with Gasteiger partial charge < -0.3 is 15.7 Å². The molecule has 0 aromatic heterocycles. The van der Waals surface area contributed by atoms with E-state index in [-0.39, 0.29) is 17.8 Å². The Balaban J connectivity index is 0.000000370. The fourth-order valence-corrected chi connectivity index (χ4v) is 2.72. The predicted molar refractivity (Wildman–Crippen MR) is 98.9 cm³/mol. The number of hydrogen-bond acceptors (Lipinski definition) is 3. The lowest BCUT2D eigenvalue weighted by molar-refractivity contribution is -0.192. The molecule has 0 unspecified atom stereocenters. The summed E-state index contributed by atoms with van der Waals surface area (Å²) in [6.07, 6.45) is -3.60. The van der Waals surface area contributed by atoms with Crippen molar-refractivity contribution in [1.82, 2.24) is 5.32 Å². The topological polar surface area (TPSA) is 78.4 Å². The Bertz CT molecular complexity index is 867. The summed E-state index contributed by atoms with van der Waals surface area (Å²) in [7, 11) is 0. The fraction of sp³-hybridized carbons (Fsp3) is 0.300. The Kier molecular flexibility index (Phi) is 7.33. The first-order chi connectivity index (χ1) is 13.6. The van der Waals surface area contributed by atoms with E-state index in [1.165, 1.54) is 17.7 Å². The molecular weight excluding hydrogens is 392 g/mol. The van der Waals surface area contributed by atoms with E-state index in [1.807, 2.05) is 24.3 Å². The average Bonchev–Trinajstić information content (AvgIpc) is 2.67. The molecule has 0 spiro atoms. The summed E-state index contributed by atoms with van der Waals surface area (Å²) in [5.41, 5.74) is 3.98. The molecule has 1 atom stereocenters. The first-order valence-corrected chi connectivity index (χ1v) is 8.80. The highest BCUT2D eigenvalue weighted by Gasteiger charge is 2.38. The van der Waals surface area contributed by atoms with E-state index in [0.29, 0.717) is 13.0 Å². The van der Waals surface area contributed by atoms with Crippen LogP contribution in [0.1, 0.15) is 23.6 Å². The molecule has 3 rings (SSSR count). The third-order valence-electron chi connectivity index (χ3n) is 4.32. The zero-order chi connectivity index (χ0) is 21.6. The van der Waals surface area contributed by atoms with Gasteiger partial charge in [0.15, 0.2) is 0 Å². The van der Waals surface area contributed by atoms with Gasteiger partial charge in [-0.15, -0.1) is 0 Å². The van der Waals surface area contributed by atoms with E-state index >= 15 is 0 Å². The van der Waals surface area contributed by atoms with Gasteiger partial charge in [-0.05, 0) is 53.8 Å². The molecule has 9 heteroatoms. The zero-order valence-corrected chi connectivity index (χ0v) is 15.5. The van der Waals surface area contributed by atoms with Crippen molar-refractivity contribution in [1.29, 1.82) is 0 Å². The molecule has 3 N–H and O–H groups in total. The van der Waals surface area contributed by atoms with Gasteiger partial charge in [0.05, 0.1) is 6.04 Å². The number of benzene rings is 2. The maximum Gasteiger partial charge on any atom is 0.490 e. The lowest BCUT2D eigenvalue weighted by Crippen LogP contribution is -2.44. The summed E-state index contributed by atoms with van der Waals surface area (Å²) in [5, 5.41) is 13.2. The van der Waals surface area contributed by atoms with Crippen molar-refractivity contribution in [3.8, 4) is 0 Å². The molecule has 0 saturated heterocycles. The standard InChI is InChI=1S/C18H19FN2O.C2HF3O2/c1-2-12-3-7-16(8-4-12)21-18(22)17-10-14-9-15(19)6-5-13(14)11-20-17;3-2(4,5)1(6)7/h3-9,17,20H,2,10-11H2,1H3,(H,21,22);(H,6,7)/t17-;/m0./s1. The molecule has 0 aliphatic carbocycles. The molecular formula is C20H20F4N2O3. The monoisotopic (exact) mass is 412 g/mol. The van der Waals surface area contributed by atoms with Crippen LogP contribution in [-0.2, 0) is 29.0 Å². The van der Waals surface area contributed by atoms with Gasteiger partial charge in [-0.1, -0.05) is 25.1 Å². The number of carbonyl (C=O) groups excluding carboxylic acids is 1. The fourth-order valence-electron chi connectivity index (χ4n) is 2.72. The average molecular weight is 412 g/mol. The maximum atomic E-state index is 13.3. The molecule has 5 nitrogen and oxygen atoms in total. The van der Waals surface area contributed by atoms with Gasteiger partial charge in [-0.25, -0.2) is 9.18 Å². The van der Waals surface area contributed by atoms with Gasteiger partial charge in [-0.3, -0.25) is 4.79 Å². The number of nitrogens with one attached hydrogen (secondary N) is 2. The summed E-state index contributed by atoms with van der Waals surface area (Å²) < 4.78 is 45.1. The number of amides is 1. The molecule has 0 fully saturated rings. The number of anilines is 1. The van der Waals surface area contributed by atoms with Crippen LogP contribution < -0.4 is 10.6 Å². The zero-order valence-electron chi connectivity index (χ0n) is 15.5. The van der Waals surface area contributed by atoms with Gasteiger partial charge in [0.25, 0.3) is 0 Å². The van der Waals surface area contributed by atoms with Crippen molar-refractivity contribution < 1.29 is 32.3 Å². The number of aryl methyl sites for hydroxylation is 1. The number of hydrogen-bond donors (Lipinski definition) is 3. The van der Waals surface area contributed by atoms with Gasteiger partial charge in [-0.2, -0.15) is 13.2 Å². The van der Waals surface area contributed by atoms with Crippen LogP contribution in [0.3, 0.4) is 0 Å². The number of fused-ring (bicyclic) bond motifs is 1. The highest BCUT2D eigenvalue weighted by molar-refractivity contribution is 5.95. The number of rotatable bonds is 3. The maximum absolute atomic E-state index is 13.3. The molecule has 29 heavy (non-hydrogen) atoms. The molecule has 2 aromatic carbocycles. The van der Waals surface area contributed by atoms with Crippen LogP contribution in [0.25, 0.3) is 0 Å². The normalized spacial score (nSPS) is 15.6. The van der Waals surface area contributed by atoms with Crippen LogP contribution in [0.2, 0.25) is 0 Å². The quantitative estimate of drug-likeness (QED) is 0.673. The smallest absolute Gasteiger partial charge is 0.475 e. The Morgan fingerprint density at radius 2 is 1.76 bits per heavy atom. The Hall–Kier alpha value is -2.94. The molecule has 0 radical (unpaired) electrons. The third kappa shape index (κ3) is 6.56. The Labute approximate surface area is 164 Å². The first kappa shape index (κ1) is 22.4. The summed E-state index contributed by atoms with van der Waals surface area (Å²) in [4.78, 5) is 21.2. The first-order valence-electron chi connectivity index (χ1n) is 8.80. The van der Waals surface area contributed by atoms with Crippen molar-refractivity contribution in [2.24, 2.45) is 0 Å². The minimum Gasteiger partial charge on any atom is -0.475 e. The van der Waals surface area contributed by atoms with Crippen LogP contribution in [0, 0.1) is 5.82 Å². The predicted octanol–water partition coefficient (Wildman–Crippen LogP) is 3.67. The number of aliphatic carboxylic acids is 1. The highest BCUT2D eigenvalue weighted by Crippen LogP contribution is 2.19. The second-order valence-electron chi connectivity index (χ2n) is 6.39. The van der Waals surface area contributed by atoms with Gasteiger partial charge in [0.1, 0.15) is 5.82 Å². The number of carbonyl (C=O) groups is 2. The highest BCUT2D eigenvalue weighted by atomic mass is 19.4. The van der Waals surface area contributed by atoms with E-state index in [0.717, 1.165) is 23.2 Å². The van der Waals surface area contributed by atoms with E-state index < -0.39 is 12.1 Å². The largest absolute Gasteiger partial charge is 0.490 e. The molecule has 1 aliphatic rings. The summed E-state index contributed by atoms with van der Waals surface area (Å²) in [6.45, 7) is 2.68. The van der Waals surface area contributed by atoms with Crippen LogP contribution in [0.5, 0.6) is 0 Å². The molecule has 1 amide bonds. The second kappa shape index (κ2) is 9.51. The SMILES string of the molecule is CCc1ccc(NC(=O)[C@@H]2Cc3cc(F)ccc3CN2)cc1.O=C(O)C(F)(F)F. The van der Waals surface area contributed by atoms with Gasteiger partial charge >= 0.3 is 12.1 Å². The molecule has 0 saturated carbocycles. The van der Waals surface area contributed by atoms with Crippen molar-refractivity contribution in [3.05, 3.63) is 65.0 Å². The van der Waals surface area contributed by atoms with Crippen molar-refractivity contribution in [3.63, 3.8) is 0 Å². The van der Waals surface area contributed by atoms with E-state index in [4.69, 9.17) is 9.90 Å². The Morgan fingerprint density at radius 3 is 2.31 bits per heavy atom. The van der Waals surface area contributed by atoms with Gasteiger partial charge in [0.2, 0.25) is 5.91 Å².